The number of aromatic nitrogens is 3. The quantitative estimate of drug-likeness (QED) is 0.541. The van der Waals surface area contributed by atoms with Gasteiger partial charge in [0.2, 0.25) is 5.13 Å². The van der Waals surface area contributed by atoms with Crippen molar-refractivity contribution in [3.63, 3.8) is 0 Å². The molecule has 0 spiro atoms. The first-order chi connectivity index (χ1) is 14.5. The predicted molar refractivity (Wildman–Crippen MR) is 123 cm³/mol. The minimum atomic E-state index is -0.174. The van der Waals surface area contributed by atoms with Crippen molar-refractivity contribution in [3.05, 3.63) is 80.4 Å². The first kappa shape index (κ1) is 19.7. The first-order valence-electron chi connectivity index (χ1n) is 9.35. The van der Waals surface area contributed by atoms with Crippen molar-refractivity contribution in [3.8, 4) is 22.1 Å². The molecule has 0 unspecified atom stereocenters. The van der Waals surface area contributed by atoms with Gasteiger partial charge in [-0.1, -0.05) is 18.7 Å². The lowest BCUT2D eigenvalue weighted by Gasteiger charge is -2.11. The molecule has 0 bridgehead atoms. The van der Waals surface area contributed by atoms with Crippen molar-refractivity contribution < 1.29 is 4.74 Å². The van der Waals surface area contributed by atoms with Crippen molar-refractivity contribution in [1.29, 1.82) is 0 Å². The molecule has 1 N–H and O–H groups in total. The van der Waals surface area contributed by atoms with Gasteiger partial charge in [0.1, 0.15) is 5.75 Å². The molecular formula is C23H22N4O2S. The minimum absolute atomic E-state index is 0.174. The number of H-pyrrole nitrogens is 1. The molecule has 6 nitrogen and oxygen atoms in total. The smallest absolute Gasteiger partial charge is 0.281 e. The predicted octanol–water partition coefficient (Wildman–Crippen LogP) is 2.60. The van der Waals surface area contributed by atoms with E-state index in [4.69, 9.17) is 4.74 Å². The van der Waals surface area contributed by atoms with E-state index in [-0.39, 0.29) is 5.56 Å². The van der Waals surface area contributed by atoms with Crippen LogP contribution in [0, 0.1) is 0 Å². The third-order valence-electron chi connectivity index (χ3n) is 4.80. The van der Waals surface area contributed by atoms with E-state index in [1.807, 2.05) is 79.0 Å². The van der Waals surface area contributed by atoms with Crippen LogP contribution in [0.5, 0.6) is 5.75 Å². The Labute approximate surface area is 178 Å². The van der Waals surface area contributed by atoms with Crippen molar-refractivity contribution in [2.24, 2.45) is 0 Å². The van der Waals surface area contributed by atoms with Gasteiger partial charge in [-0.05, 0) is 48.0 Å². The zero-order chi connectivity index (χ0) is 21.3. The van der Waals surface area contributed by atoms with Gasteiger partial charge in [0.25, 0.3) is 5.56 Å². The average molecular weight is 419 g/mol. The molecule has 0 saturated heterocycles. The SMILES string of the molecule is C=c1[nH]n(-c2nc(-c3ccc(OC)cc3)cs2)c(=O)/c1=C/c1ccc(N(C)C)cc1. The molecule has 4 aromatic rings. The van der Waals surface area contributed by atoms with Crippen molar-refractivity contribution in [2.75, 3.05) is 26.1 Å². The molecule has 0 aliphatic carbocycles. The summed E-state index contributed by atoms with van der Waals surface area (Å²) in [6.45, 7) is 4.00. The highest BCUT2D eigenvalue weighted by Gasteiger charge is 2.11. The van der Waals surface area contributed by atoms with Crippen molar-refractivity contribution in [2.45, 2.75) is 0 Å². The Morgan fingerprint density at radius 1 is 1.13 bits per heavy atom. The van der Waals surface area contributed by atoms with E-state index in [0.29, 0.717) is 15.7 Å². The lowest BCUT2D eigenvalue weighted by atomic mass is 10.1. The highest BCUT2D eigenvalue weighted by atomic mass is 32.1. The number of thiazole rings is 1. The number of nitrogens with zero attached hydrogens (tertiary/aromatic N) is 3. The fourth-order valence-electron chi connectivity index (χ4n) is 3.08. The van der Waals surface area contributed by atoms with Crippen LogP contribution < -0.4 is 25.8 Å². The average Bonchev–Trinajstić information content (AvgIpc) is 3.35. The normalized spacial score (nSPS) is 11.6. The first-order valence-corrected chi connectivity index (χ1v) is 10.2. The van der Waals surface area contributed by atoms with Gasteiger partial charge in [-0.15, -0.1) is 11.3 Å². The summed E-state index contributed by atoms with van der Waals surface area (Å²) in [4.78, 5) is 19.7. The molecule has 0 amide bonds. The highest BCUT2D eigenvalue weighted by Crippen LogP contribution is 2.24. The third kappa shape index (κ3) is 3.79. The Morgan fingerprint density at radius 2 is 1.83 bits per heavy atom. The maximum atomic E-state index is 13.0. The van der Waals surface area contributed by atoms with Crippen LogP contribution in [0.15, 0.2) is 58.7 Å². The molecule has 4 rings (SSSR count). The summed E-state index contributed by atoms with van der Waals surface area (Å²) in [5.74, 6) is 0.787. The zero-order valence-electron chi connectivity index (χ0n) is 17.0. The molecule has 0 saturated carbocycles. The maximum absolute atomic E-state index is 13.0. The fraction of sp³-hybridized carbons (Fsp3) is 0.130. The van der Waals surface area contributed by atoms with Crippen LogP contribution in [-0.4, -0.2) is 36.0 Å². The second kappa shape index (κ2) is 8.04. The van der Waals surface area contributed by atoms with Gasteiger partial charge in [-0.3, -0.25) is 9.89 Å². The summed E-state index contributed by atoms with van der Waals surface area (Å²) in [5, 5.41) is 6.61. The number of ether oxygens (including phenoxy) is 1. The summed E-state index contributed by atoms with van der Waals surface area (Å²) in [7, 11) is 5.62. The number of hydrogen-bond acceptors (Lipinski definition) is 5. The number of rotatable bonds is 5. The van der Waals surface area contributed by atoms with Gasteiger partial charge >= 0.3 is 0 Å². The molecule has 0 fully saturated rings. The van der Waals surface area contributed by atoms with E-state index in [0.717, 1.165) is 28.3 Å². The van der Waals surface area contributed by atoms with E-state index < -0.39 is 0 Å². The van der Waals surface area contributed by atoms with E-state index in [2.05, 4.69) is 16.7 Å². The van der Waals surface area contributed by atoms with Crippen LogP contribution in [0.1, 0.15) is 5.56 Å². The van der Waals surface area contributed by atoms with E-state index >= 15 is 0 Å². The second-order valence-corrected chi connectivity index (χ2v) is 7.86. The maximum Gasteiger partial charge on any atom is 0.281 e. The Hall–Kier alpha value is -3.58. The molecule has 7 heteroatoms. The summed E-state index contributed by atoms with van der Waals surface area (Å²) in [6.07, 6.45) is 1.84. The third-order valence-corrected chi connectivity index (χ3v) is 5.62. The lowest BCUT2D eigenvalue weighted by Crippen LogP contribution is -2.33. The van der Waals surface area contributed by atoms with E-state index in [1.165, 1.54) is 16.0 Å². The number of anilines is 1. The van der Waals surface area contributed by atoms with Crippen LogP contribution in [-0.2, 0) is 0 Å². The van der Waals surface area contributed by atoms with Gasteiger partial charge in [0, 0.05) is 30.7 Å². The van der Waals surface area contributed by atoms with Crippen LogP contribution in [0.3, 0.4) is 0 Å². The zero-order valence-corrected chi connectivity index (χ0v) is 17.9. The largest absolute Gasteiger partial charge is 0.497 e. The molecule has 152 valence electrons. The van der Waals surface area contributed by atoms with E-state index in [9.17, 15) is 4.79 Å². The molecule has 0 aliphatic heterocycles. The van der Waals surface area contributed by atoms with Gasteiger partial charge in [0.05, 0.1) is 23.4 Å². The summed E-state index contributed by atoms with van der Waals surface area (Å²) < 4.78 is 6.64. The molecule has 0 atom stereocenters. The van der Waals surface area contributed by atoms with Gasteiger partial charge in [-0.2, -0.15) is 4.68 Å². The van der Waals surface area contributed by atoms with Gasteiger partial charge in [0.15, 0.2) is 0 Å². The summed E-state index contributed by atoms with van der Waals surface area (Å²) >= 11 is 1.40. The van der Waals surface area contributed by atoms with Crippen LogP contribution in [0.4, 0.5) is 5.69 Å². The Bertz CT molecular complexity index is 1330. The molecule has 2 aromatic heterocycles. The standard InChI is InChI=1S/C23H22N4O2S/c1-15-20(13-16-5-9-18(10-6-16)26(2)3)22(28)27(25-15)23-24-21(14-30-23)17-7-11-19(29-4)12-8-17/h5-14,25H,1H2,2-4H3/b20-13+. The van der Waals surface area contributed by atoms with Crippen LogP contribution >= 0.6 is 11.3 Å². The molecule has 30 heavy (non-hydrogen) atoms. The van der Waals surface area contributed by atoms with Gasteiger partial charge in [-0.25, -0.2) is 4.98 Å². The van der Waals surface area contributed by atoms with Crippen molar-refractivity contribution in [1.82, 2.24) is 14.8 Å². The summed E-state index contributed by atoms with van der Waals surface area (Å²) in [5.41, 5.74) is 3.62. The lowest BCUT2D eigenvalue weighted by molar-refractivity contribution is 0.415. The topological polar surface area (TPSA) is 63.2 Å². The number of nitrogens with one attached hydrogen (secondary N) is 1. The minimum Gasteiger partial charge on any atom is -0.497 e. The molecule has 2 heterocycles. The Balaban J connectivity index is 1.69. The molecule has 2 aromatic carbocycles. The Morgan fingerprint density at radius 3 is 2.47 bits per heavy atom. The van der Waals surface area contributed by atoms with Crippen molar-refractivity contribution >= 4 is 29.7 Å². The number of aromatic amines is 1. The van der Waals surface area contributed by atoms with Crippen LogP contribution in [0.25, 0.3) is 29.0 Å². The fourth-order valence-corrected chi connectivity index (χ4v) is 3.87. The van der Waals surface area contributed by atoms with E-state index in [1.54, 1.807) is 7.11 Å². The highest BCUT2D eigenvalue weighted by molar-refractivity contribution is 7.12. The number of methoxy groups -OCH3 is 1. The summed E-state index contributed by atoms with van der Waals surface area (Å²) in [6, 6.07) is 15.7. The van der Waals surface area contributed by atoms with Gasteiger partial charge < -0.3 is 9.64 Å². The number of benzene rings is 2. The monoisotopic (exact) mass is 418 g/mol. The van der Waals surface area contributed by atoms with Crippen LogP contribution in [0.2, 0.25) is 0 Å². The Kier molecular flexibility index (Phi) is 5.29. The second-order valence-electron chi connectivity index (χ2n) is 7.02. The number of hydrogen-bond donors (Lipinski definition) is 1. The molecule has 0 aliphatic rings. The molecule has 0 radical (unpaired) electrons. The molecular weight excluding hydrogens is 396 g/mol.